The van der Waals surface area contributed by atoms with Crippen molar-refractivity contribution < 1.29 is 19.2 Å². The van der Waals surface area contributed by atoms with E-state index in [0.717, 1.165) is 16.0 Å². The number of hydrogen-bond acceptors (Lipinski definition) is 5. The molecule has 4 rings (SSSR count). The highest BCUT2D eigenvalue weighted by atomic mass is 35.5. The zero-order chi connectivity index (χ0) is 21.4. The zero-order valence-corrected chi connectivity index (χ0v) is 17.9. The molecule has 1 aromatic carbocycles. The van der Waals surface area contributed by atoms with Crippen LogP contribution in [0.15, 0.2) is 23.6 Å². The number of carbonyl (C=O) groups excluding carboxylic acids is 4. The molecule has 0 radical (unpaired) electrons. The number of urea groups is 1. The first-order chi connectivity index (χ1) is 14.3. The van der Waals surface area contributed by atoms with E-state index in [1.54, 1.807) is 22.4 Å². The third kappa shape index (κ3) is 3.97. The number of halogens is 1. The van der Waals surface area contributed by atoms with Crippen molar-refractivity contribution >= 4 is 52.1 Å². The average molecular weight is 446 g/mol. The highest BCUT2D eigenvalue weighted by Gasteiger charge is 2.40. The molecular weight excluding hydrogens is 426 g/mol. The summed E-state index contributed by atoms with van der Waals surface area (Å²) >= 11 is 7.49. The van der Waals surface area contributed by atoms with Crippen molar-refractivity contribution in [1.82, 2.24) is 10.2 Å². The van der Waals surface area contributed by atoms with Crippen LogP contribution in [0.3, 0.4) is 0 Å². The molecule has 9 heteroatoms. The summed E-state index contributed by atoms with van der Waals surface area (Å²) in [6.07, 6.45) is 0.607. The highest BCUT2D eigenvalue weighted by Crippen LogP contribution is 2.34. The Morgan fingerprint density at radius 1 is 1.30 bits per heavy atom. The smallest absolute Gasteiger partial charge is 0.319 e. The summed E-state index contributed by atoms with van der Waals surface area (Å²) in [6.45, 7) is 2.48. The topological polar surface area (TPSA) is 95.6 Å². The van der Waals surface area contributed by atoms with Crippen LogP contribution >= 0.6 is 22.9 Å². The monoisotopic (exact) mass is 445 g/mol. The fourth-order valence-electron chi connectivity index (χ4n) is 3.77. The van der Waals surface area contributed by atoms with Gasteiger partial charge in [-0.25, -0.2) is 4.79 Å². The number of aryl methyl sites for hydroxylation is 1. The van der Waals surface area contributed by atoms with Crippen LogP contribution < -0.4 is 10.6 Å². The fraction of sp³-hybridized carbons (Fsp3) is 0.333. The quantitative estimate of drug-likeness (QED) is 0.702. The molecular formula is C21H20ClN3O4S. The minimum Gasteiger partial charge on any atom is -0.333 e. The van der Waals surface area contributed by atoms with Gasteiger partial charge < -0.3 is 15.5 Å². The van der Waals surface area contributed by atoms with Gasteiger partial charge >= 0.3 is 6.03 Å². The van der Waals surface area contributed by atoms with Crippen LogP contribution in [0.4, 0.5) is 10.5 Å². The Morgan fingerprint density at radius 3 is 2.83 bits per heavy atom. The van der Waals surface area contributed by atoms with Crippen molar-refractivity contribution in [1.29, 1.82) is 0 Å². The molecule has 2 aromatic rings. The number of ketones is 2. The van der Waals surface area contributed by atoms with Gasteiger partial charge in [0.1, 0.15) is 5.78 Å². The van der Waals surface area contributed by atoms with Crippen molar-refractivity contribution in [3.63, 3.8) is 0 Å². The zero-order valence-electron chi connectivity index (χ0n) is 16.3. The maximum absolute atomic E-state index is 12.8. The lowest BCUT2D eigenvalue weighted by Crippen LogP contribution is -2.44. The summed E-state index contributed by atoms with van der Waals surface area (Å²) in [7, 11) is 0. The number of fused-ring (bicyclic) bond motifs is 1. The van der Waals surface area contributed by atoms with Crippen LogP contribution in [0, 0.1) is 6.92 Å². The molecule has 2 heterocycles. The maximum Gasteiger partial charge on any atom is 0.319 e. The van der Waals surface area contributed by atoms with E-state index in [9.17, 15) is 19.2 Å². The van der Waals surface area contributed by atoms with Gasteiger partial charge in [-0.1, -0.05) is 17.7 Å². The number of carbonyl (C=O) groups is 4. The van der Waals surface area contributed by atoms with E-state index in [2.05, 4.69) is 10.6 Å². The molecule has 1 unspecified atom stereocenters. The fourth-order valence-corrected chi connectivity index (χ4v) is 4.92. The molecule has 2 N–H and O–H groups in total. The second-order valence-electron chi connectivity index (χ2n) is 7.49. The first-order valence-electron chi connectivity index (χ1n) is 9.59. The van der Waals surface area contributed by atoms with Crippen LogP contribution in [0.1, 0.15) is 45.6 Å². The highest BCUT2D eigenvalue weighted by molar-refractivity contribution is 7.10. The van der Waals surface area contributed by atoms with E-state index < -0.39 is 6.04 Å². The Hall–Kier alpha value is -2.71. The molecule has 30 heavy (non-hydrogen) atoms. The van der Waals surface area contributed by atoms with Gasteiger partial charge in [-0.05, 0) is 36.6 Å². The number of rotatable bonds is 4. The number of Topliss-reactive ketones (excluding diaryl/α,β-unsaturated/α-hetero) is 2. The van der Waals surface area contributed by atoms with Gasteiger partial charge in [-0.3, -0.25) is 14.4 Å². The number of anilines is 1. The number of nitrogens with zero attached hydrogens (tertiary/aromatic N) is 1. The normalized spacial score (nSPS) is 18.5. The Morgan fingerprint density at radius 2 is 2.10 bits per heavy atom. The molecule has 7 nitrogen and oxygen atoms in total. The van der Waals surface area contributed by atoms with Crippen LogP contribution in [0.25, 0.3) is 0 Å². The largest absolute Gasteiger partial charge is 0.333 e. The van der Waals surface area contributed by atoms with Crippen LogP contribution in [0.5, 0.6) is 0 Å². The van der Waals surface area contributed by atoms with Gasteiger partial charge in [0.05, 0.1) is 24.6 Å². The summed E-state index contributed by atoms with van der Waals surface area (Å²) in [5.74, 6) is -0.439. The SMILES string of the molecule is Cc1ccc(NC(=O)NCc2scc3c2CN(C2CCC(=O)CC2=O)C3=O)cc1Cl. The first-order valence-corrected chi connectivity index (χ1v) is 10.8. The number of hydrogen-bond donors (Lipinski definition) is 2. The van der Waals surface area contributed by atoms with E-state index in [1.165, 1.54) is 11.3 Å². The lowest BCUT2D eigenvalue weighted by atomic mass is 9.92. The van der Waals surface area contributed by atoms with Gasteiger partial charge in [0, 0.05) is 33.9 Å². The molecule has 1 fully saturated rings. The van der Waals surface area contributed by atoms with Gasteiger partial charge in [0.25, 0.3) is 5.91 Å². The van der Waals surface area contributed by atoms with Crippen molar-refractivity contribution in [2.75, 3.05) is 5.32 Å². The Labute approximate surface area is 182 Å². The van der Waals surface area contributed by atoms with Gasteiger partial charge in [0.2, 0.25) is 0 Å². The molecule has 0 bridgehead atoms. The van der Waals surface area contributed by atoms with E-state index in [4.69, 9.17) is 11.6 Å². The summed E-state index contributed by atoms with van der Waals surface area (Å²) in [4.78, 5) is 51.1. The summed E-state index contributed by atoms with van der Waals surface area (Å²) in [5.41, 5.74) is 2.93. The first kappa shape index (κ1) is 20.6. The number of amides is 3. The summed E-state index contributed by atoms with van der Waals surface area (Å²) in [5, 5.41) is 7.87. The van der Waals surface area contributed by atoms with E-state index in [0.29, 0.717) is 35.7 Å². The molecule has 1 saturated carbocycles. The van der Waals surface area contributed by atoms with Crippen LogP contribution in [0.2, 0.25) is 5.02 Å². The van der Waals surface area contributed by atoms with E-state index in [1.807, 2.05) is 13.0 Å². The predicted molar refractivity (Wildman–Crippen MR) is 114 cm³/mol. The third-order valence-corrected chi connectivity index (χ3v) is 6.89. The summed E-state index contributed by atoms with van der Waals surface area (Å²) in [6, 6.07) is 4.36. The molecule has 3 amide bonds. The van der Waals surface area contributed by atoms with E-state index >= 15 is 0 Å². The maximum atomic E-state index is 12.8. The van der Waals surface area contributed by atoms with E-state index in [-0.39, 0.29) is 36.5 Å². The lowest BCUT2D eigenvalue weighted by molar-refractivity contribution is -0.133. The molecule has 2 aliphatic rings. The molecule has 0 saturated heterocycles. The molecule has 1 aliphatic carbocycles. The third-order valence-electron chi connectivity index (χ3n) is 5.46. The number of benzene rings is 1. The Bertz CT molecular complexity index is 1060. The van der Waals surface area contributed by atoms with Crippen molar-refractivity contribution in [3.05, 3.63) is 50.2 Å². The average Bonchev–Trinajstić information content (AvgIpc) is 3.23. The molecule has 1 aromatic heterocycles. The van der Waals surface area contributed by atoms with Crippen LogP contribution in [-0.2, 0) is 22.7 Å². The van der Waals surface area contributed by atoms with Crippen molar-refractivity contribution in [3.8, 4) is 0 Å². The van der Waals surface area contributed by atoms with Gasteiger partial charge in [-0.2, -0.15) is 0 Å². The Balaban J connectivity index is 1.39. The minimum atomic E-state index is -0.539. The van der Waals surface area contributed by atoms with Crippen molar-refractivity contribution in [2.24, 2.45) is 0 Å². The number of nitrogens with one attached hydrogen (secondary N) is 2. The predicted octanol–water partition coefficient (Wildman–Crippen LogP) is 3.68. The second kappa shape index (κ2) is 8.20. The molecule has 1 atom stereocenters. The van der Waals surface area contributed by atoms with Gasteiger partial charge in [0.15, 0.2) is 5.78 Å². The summed E-state index contributed by atoms with van der Waals surface area (Å²) < 4.78 is 0. The molecule has 1 aliphatic heterocycles. The van der Waals surface area contributed by atoms with Crippen LogP contribution in [-0.4, -0.2) is 34.4 Å². The Kier molecular flexibility index (Phi) is 5.62. The van der Waals surface area contributed by atoms with Crippen molar-refractivity contribution in [2.45, 2.75) is 45.3 Å². The lowest BCUT2D eigenvalue weighted by Gasteiger charge is -2.29. The molecule has 156 valence electrons. The second-order valence-corrected chi connectivity index (χ2v) is 8.86. The number of thiophene rings is 1. The standard InChI is InChI=1S/C21H20ClN3O4S/c1-11-2-3-12(6-16(11)22)24-21(29)23-8-19-14-9-25(20(28)15(14)10-30-19)17-5-4-13(26)7-18(17)27/h2-3,6,10,17H,4-5,7-9H2,1H3,(H2,23,24,29). The minimum absolute atomic E-state index is 0.0668. The van der Waals surface area contributed by atoms with Gasteiger partial charge in [-0.15, -0.1) is 11.3 Å². The molecule has 0 spiro atoms.